The van der Waals surface area contributed by atoms with Crippen molar-refractivity contribution in [1.29, 1.82) is 0 Å². The highest BCUT2D eigenvalue weighted by atomic mass is 35.5. The zero-order chi connectivity index (χ0) is 21.5. The Kier molecular flexibility index (Phi) is 4.56. The Morgan fingerprint density at radius 2 is 1.19 bits per heavy atom. The van der Waals surface area contributed by atoms with Gasteiger partial charge in [0.05, 0.1) is 16.9 Å². The van der Waals surface area contributed by atoms with E-state index in [9.17, 15) is 0 Å². The van der Waals surface area contributed by atoms with E-state index < -0.39 is 0 Å². The Morgan fingerprint density at radius 3 is 1.97 bits per heavy atom. The second kappa shape index (κ2) is 7.71. The van der Waals surface area contributed by atoms with Crippen molar-refractivity contribution in [2.24, 2.45) is 0 Å². The average molecular weight is 430 g/mol. The first-order valence-corrected chi connectivity index (χ1v) is 11.1. The summed E-state index contributed by atoms with van der Waals surface area (Å²) in [6.45, 7) is 0. The Bertz CT molecular complexity index is 1560. The smallest absolute Gasteiger partial charge is 0.0546 e. The Labute approximate surface area is 192 Å². The minimum atomic E-state index is 0.747. The molecule has 0 atom stereocenters. The topological polar surface area (TPSA) is 4.93 Å². The first kappa shape index (κ1) is 18.9. The molecule has 2 heteroatoms. The van der Waals surface area contributed by atoms with Crippen molar-refractivity contribution in [2.75, 3.05) is 0 Å². The number of halogens is 1. The van der Waals surface area contributed by atoms with Gasteiger partial charge in [-0.05, 0) is 58.5 Å². The van der Waals surface area contributed by atoms with Crippen molar-refractivity contribution in [1.82, 2.24) is 4.57 Å². The molecule has 0 aliphatic rings. The van der Waals surface area contributed by atoms with Crippen LogP contribution in [0.1, 0.15) is 0 Å². The molecule has 0 aliphatic carbocycles. The van der Waals surface area contributed by atoms with E-state index in [0.717, 1.165) is 27.3 Å². The van der Waals surface area contributed by atoms with Crippen molar-refractivity contribution in [3.8, 4) is 28.1 Å². The summed E-state index contributed by atoms with van der Waals surface area (Å²) in [5.41, 5.74) is 7.04. The third-order valence-electron chi connectivity index (χ3n) is 6.02. The molecule has 6 rings (SSSR count). The summed E-state index contributed by atoms with van der Waals surface area (Å²) in [6, 6.07) is 42.7. The largest absolute Gasteiger partial charge is 0.309 e. The number of hydrogen-bond acceptors (Lipinski definition) is 0. The number of hydrogen-bond donors (Lipinski definition) is 0. The average Bonchev–Trinajstić information content (AvgIpc) is 3.23. The van der Waals surface area contributed by atoms with E-state index >= 15 is 0 Å². The highest BCUT2D eigenvalue weighted by molar-refractivity contribution is 6.31. The predicted molar refractivity (Wildman–Crippen MR) is 137 cm³/mol. The summed E-state index contributed by atoms with van der Waals surface area (Å²) < 4.78 is 2.37. The molecule has 0 amide bonds. The van der Waals surface area contributed by atoms with Crippen molar-refractivity contribution >= 4 is 33.3 Å². The molecule has 5 aromatic carbocycles. The zero-order valence-electron chi connectivity index (χ0n) is 17.4. The van der Waals surface area contributed by atoms with Crippen molar-refractivity contribution in [3.05, 3.63) is 126 Å². The van der Waals surface area contributed by atoms with Gasteiger partial charge in [0.25, 0.3) is 0 Å². The lowest BCUT2D eigenvalue weighted by Crippen LogP contribution is -1.99. The summed E-state index contributed by atoms with van der Waals surface area (Å²) >= 11 is 6.36. The van der Waals surface area contributed by atoms with Gasteiger partial charge in [-0.15, -0.1) is 0 Å². The molecule has 0 radical (unpaired) electrons. The van der Waals surface area contributed by atoms with Crippen LogP contribution in [0, 0.1) is 0 Å². The molecular weight excluding hydrogens is 410 g/mol. The van der Waals surface area contributed by atoms with Gasteiger partial charge >= 0.3 is 0 Å². The summed E-state index contributed by atoms with van der Waals surface area (Å²) in [4.78, 5) is 0. The van der Waals surface area contributed by atoms with Crippen LogP contribution in [0.5, 0.6) is 0 Å². The number of aromatic nitrogens is 1. The minimum Gasteiger partial charge on any atom is -0.309 e. The lowest BCUT2D eigenvalue weighted by Gasteiger charge is -2.16. The molecule has 152 valence electrons. The molecule has 1 nitrogen and oxygen atoms in total. The lowest BCUT2D eigenvalue weighted by atomic mass is 9.99. The van der Waals surface area contributed by atoms with E-state index in [1.807, 2.05) is 12.1 Å². The summed E-state index contributed by atoms with van der Waals surface area (Å²) in [7, 11) is 0. The maximum Gasteiger partial charge on any atom is 0.0546 e. The standard InChI is InChI=1S/C30H20ClN/c31-26-15-16-28-25(18-26)20-29(22-11-5-2-6-12-22)32(28)30-19-24(21-9-3-1-4-10-21)17-23-13-7-8-14-27(23)30/h1-20H. The molecule has 0 saturated heterocycles. The Hall–Kier alpha value is -3.81. The molecule has 0 unspecified atom stereocenters. The van der Waals surface area contributed by atoms with Gasteiger partial charge in [-0.3, -0.25) is 0 Å². The van der Waals surface area contributed by atoms with Gasteiger partial charge < -0.3 is 4.57 Å². The molecule has 6 aromatic rings. The summed E-state index contributed by atoms with van der Waals surface area (Å²) in [5, 5.41) is 4.32. The van der Waals surface area contributed by atoms with Crippen LogP contribution in [0.4, 0.5) is 0 Å². The molecule has 0 fully saturated rings. The normalized spacial score (nSPS) is 11.3. The van der Waals surface area contributed by atoms with E-state index in [1.54, 1.807) is 0 Å². The van der Waals surface area contributed by atoms with Crippen LogP contribution in [0.3, 0.4) is 0 Å². The quantitative estimate of drug-likeness (QED) is 0.265. The van der Waals surface area contributed by atoms with Crippen LogP contribution in [-0.4, -0.2) is 4.57 Å². The fraction of sp³-hybridized carbons (Fsp3) is 0. The molecule has 0 bridgehead atoms. The molecule has 1 aromatic heterocycles. The molecule has 32 heavy (non-hydrogen) atoms. The maximum atomic E-state index is 6.36. The fourth-order valence-corrected chi connectivity index (χ4v) is 4.72. The summed E-state index contributed by atoms with van der Waals surface area (Å²) in [6.07, 6.45) is 0. The minimum absolute atomic E-state index is 0.747. The second-order valence-electron chi connectivity index (χ2n) is 8.02. The molecule has 1 heterocycles. The van der Waals surface area contributed by atoms with Gasteiger partial charge in [0, 0.05) is 15.8 Å². The SMILES string of the molecule is Clc1ccc2c(c1)cc(-c1ccccc1)n2-c1cc(-c2ccccc2)cc2ccccc12. The van der Waals surface area contributed by atoms with Gasteiger partial charge in [-0.1, -0.05) is 96.5 Å². The molecule has 0 N–H and O–H groups in total. The number of nitrogens with zero attached hydrogens (tertiary/aromatic N) is 1. The number of fused-ring (bicyclic) bond motifs is 2. The van der Waals surface area contributed by atoms with Crippen LogP contribution in [0.2, 0.25) is 5.02 Å². The van der Waals surface area contributed by atoms with Gasteiger partial charge in [0.2, 0.25) is 0 Å². The highest BCUT2D eigenvalue weighted by Gasteiger charge is 2.16. The van der Waals surface area contributed by atoms with E-state index in [4.69, 9.17) is 11.6 Å². The number of benzene rings is 5. The van der Waals surface area contributed by atoms with E-state index in [1.165, 1.54) is 27.5 Å². The first-order chi connectivity index (χ1) is 15.8. The molecule has 0 saturated carbocycles. The van der Waals surface area contributed by atoms with Crippen LogP contribution in [-0.2, 0) is 0 Å². The fourth-order valence-electron chi connectivity index (χ4n) is 4.54. The van der Waals surface area contributed by atoms with Crippen molar-refractivity contribution < 1.29 is 0 Å². The van der Waals surface area contributed by atoms with E-state index in [-0.39, 0.29) is 0 Å². The molecular formula is C30H20ClN. The van der Waals surface area contributed by atoms with Crippen molar-refractivity contribution in [3.63, 3.8) is 0 Å². The van der Waals surface area contributed by atoms with Crippen molar-refractivity contribution in [2.45, 2.75) is 0 Å². The van der Waals surface area contributed by atoms with E-state index in [2.05, 4.69) is 114 Å². The van der Waals surface area contributed by atoms with Crippen LogP contribution >= 0.6 is 11.6 Å². The van der Waals surface area contributed by atoms with Crippen LogP contribution in [0.15, 0.2) is 121 Å². The van der Waals surface area contributed by atoms with E-state index in [0.29, 0.717) is 0 Å². The van der Waals surface area contributed by atoms with Crippen LogP contribution < -0.4 is 0 Å². The van der Waals surface area contributed by atoms with Gasteiger partial charge in [0.1, 0.15) is 0 Å². The van der Waals surface area contributed by atoms with Crippen LogP contribution in [0.25, 0.3) is 49.7 Å². The lowest BCUT2D eigenvalue weighted by molar-refractivity contribution is 1.15. The van der Waals surface area contributed by atoms with Gasteiger partial charge in [-0.25, -0.2) is 0 Å². The predicted octanol–water partition coefficient (Wildman–Crippen LogP) is 8.77. The third kappa shape index (κ3) is 3.19. The summed E-state index contributed by atoms with van der Waals surface area (Å²) in [5.74, 6) is 0. The van der Waals surface area contributed by atoms with Gasteiger partial charge in [0.15, 0.2) is 0 Å². The zero-order valence-corrected chi connectivity index (χ0v) is 18.1. The Morgan fingerprint density at radius 1 is 0.500 bits per heavy atom. The monoisotopic (exact) mass is 429 g/mol. The Balaban J connectivity index is 1.73. The third-order valence-corrected chi connectivity index (χ3v) is 6.26. The number of rotatable bonds is 3. The molecule has 0 aliphatic heterocycles. The highest BCUT2D eigenvalue weighted by Crippen LogP contribution is 2.37. The maximum absolute atomic E-state index is 6.36. The second-order valence-corrected chi connectivity index (χ2v) is 8.45. The molecule has 0 spiro atoms. The first-order valence-electron chi connectivity index (χ1n) is 10.7. The van der Waals surface area contributed by atoms with Gasteiger partial charge in [-0.2, -0.15) is 0 Å².